The molecule has 9 heteroatoms. The zero-order chi connectivity index (χ0) is 25.4. The van der Waals surface area contributed by atoms with E-state index in [1.807, 2.05) is 42.5 Å². The summed E-state index contributed by atoms with van der Waals surface area (Å²) in [6.07, 6.45) is 8.03. The topological polar surface area (TPSA) is 108 Å². The van der Waals surface area contributed by atoms with Gasteiger partial charge in [0.2, 0.25) is 0 Å². The number of carbonyl (C=O) groups excluding carboxylic acids is 1. The Balaban J connectivity index is 1.35. The molecule has 3 fully saturated rings. The van der Waals surface area contributed by atoms with Crippen LogP contribution in [0.5, 0.6) is 5.75 Å². The number of carbonyl (C=O) groups is 1. The number of anilines is 1. The van der Waals surface area contributed by atoms with E-state index in [1.165, 1.54) is 0 Å². The van der Waals surface area contributed by atoms with Crippen LogP contribution in [0.15, 0.2) is 42.5 Å². The maximum absolute atomic E-state index is 12.4. The zero-order valence-electron chi connectivity index (χ0n) is 20.8. The molecule has 3 aromatic rings. The lowest BCUT2D eigenvalue weighted by molar-refractivity contribution is -0.382. The Morgan fingerprint density at radius 2 is 1.73 bits per heavy atom. The zero-order valence-corrected chi connectivity index (χ0v) is 20.8. The van der Waals surface area contributed by atoms with Gasteiger partial charge in [0.15, 0.2) is 0 Å². The van der Waals surface area contributed by atoms with Crippen LogP contribution in [0.4, 0.5) is 16.2 Å². The third-order valence-corrected chi connectivity index (χ3v) is 7.90. The second-order valence-electron chi connectivity index (χ2n) is 10.3. The minimum absolute atomic E-state index is 0.0920. The first-order chi connectivity index (χ1) is 18.1. The van der Waals surface area contributed by atoms with Crippen LogP contribution in [0.2, 0.25) is 0 Å². The van der Waals surface area contributed by atoms with Crippen molar-refractivity contribution in [2.45, 2.75) is 69.6 Å². The number of hydrogen-bond acceptors (Lipinski definition) is 5. The van der Waals surface area contributed by atoms with Crippen LogP contribution >= 0.6 is 0 Å². The van der Waals surface area contributed by atoms with E-state index in [4.69, 9.17) is 9.47 Å². The Labute approximate surface area is 215 Å². The van der Waals surface area contributed by atoms with Crippen LogP contribution in [-0.4, -0.2) is 40.9 Å². The first-order valence-corrected chi connectivity index (χ1v) is 13.3. The van der Waals surface area contributed by atoms with E-state index in [2.05, 4.69) is 15.2 Å². The number of hydrogen-bond donors (Lipinski definition) is 2. The fourth-order valence-corrected chi connectivity index (χ4v) is 5.43. The molecule has 0 atom stereocenters. The second-order valence-corrected chi connectivity index (χ2v) is 10.3. The highest BCUT2D eigenvalue weighted by Gasteiger charge is 2.33. The fourth-order valence-electron chi connectivity index (χ4n) is 5.43. The highest BCUT2D eigenvalue weighted by molar-refractivity contribution is 5.99. The summed E-state index contributed by atoms with van der Waals surface area (Å²) in [6, 6.07) is 13.2. The maximum atomic E-state index is 12.4. The lowest BCUT2D eigenvalue weighted by atomic mass is 9.92. The van der Waals surface area contributed by atoms with Gasteiger partial charge in [0.25, 0.3) is 0 Å². The van der Waals surface area contributed by atoms with Crippen LogP contribution in [0.3, 0.4) is 0 Å². The summed E-state index contributed by atoms with van der Waals surface area (Å²) in [6.45, 7) is 1.38. The van der Waals surface area contributed by atoms with Crippen molar-refractivity contribution < 1.29 is 19.2 Å². The van der Waals surface area contributed by atoms with Gasteiger partial charge in [-0.3, -0.25) is 10.1 Å². The molecule has 37 heavy (non-hydrogen) atoms. The van der Waals surface area contributed by atoms with Gasteiger partial charge in [-0.2, -0.15) is 0 Å². The number of urea groups is 1. The smallest absolute Gasteiger partial charge is 0.319 e. The van der Waals surface area contributed by atoms with Crippen molar-refractivity contribution in [3.8, 4) is 17.0 Å². The monoisotopic (exact) mass is 504 g/mol. The molecule has 6 rings (SSSR count). The highest BCUT2D eigenvalue weighted by Crippen LogP contribution is 2.47. The molecule has 0 radical (unpaired) electrons. The fraction of sp³-hybridized carbons (Fsp3) is 0.464. The van der Waals surface area contributed by atoms with Gasteiger partial charge in [0, 0.05) is 42.2 Å². The minimum Gasteiger partial charge on any atom is -0.490 e. The molecule has 2 aliphatic carbocycles. The van der Waals surface area contributed by atoms with Crippen LogP contribution in [0.25, 0.3) is 22.2 Å². The van der Waals surface area contributed by atoms with E-state index in [-0.39, 0.29) is 34.8 Å². The van der Waals surface area contributed by atoms with Gasteiger partial charge in [-0.25, -0.2) is 4.79 Å². The molecule has 2 N–H and O–H groups in total. The molecule has 194 valence electrons. The molecule has 0 spiro atoms. The predicted octanol–water partition coefficient (Wildman–Crippen LogP) is 6.17. The lowest BCUT2D eigenvalue weighted by Crippen LogP contribution is -2.41. The van der Waals surface area contributed by atoms with Crippen molar-refractivity contribution >= 4 is 28.3 Å². The van der Waals surface area contributed by atoms with Gasteiger partial charge >= 0.3 is 11.7 Å². The Morgan fingerprint density at radius 1 is 1.00 bits per heavy atom. The van der Waals surface area contributed by atoms with Crippen molar-refractivity contribution in [3.05, 3.63) is 52.6 Å². The number of fused-ring (bicyclic) bond motifs is 1. The van der Waals surface area contributed by atoms with E-state index >= 15 is 0 Å². The van der Waals surface area contributed by atoms with Crippen LogP contribution in [0, 0.1) is 10.1 Å². The average Bonchev–Trinajstić information content (AvgIpc) is 3.16. The molecule has 1 aliphatic heterocycles. The SMILES string of the molecule is O=C(Nc1ccc(-c2c([N+](=O)[O-])c3ccc(OC4CCOCC4)cc3n2C2CCC2)cc1)NC1CCC1. The Bertz CT molecular complexity index is 1300. The van der Waals surface area contributed by atoms with E-state index in [9.17, 15) is 14.9 Å². The van der Waals surface area contributed by atoms with Crippen molar-refractivity contribution in [2.75, 3.05) is 18.5 Å². The first kappa shape index (κ1) is 23.8. The number of ether oxygens (including phenoxy) is 2. The van der Waals surface area contributed by atoms with Crippen molar-refractivity contribution in [1.29, 1.82) is 0 Å². The van der Waals surface area contributed by atoms with E-state index in [0.717, 1.165) is 68.2 Å². The van der Waals surface area contributed by atoms with Crippen molar-refractivity contribution in [2.24, 2.45) is 0 Å². The van der Waals surface area contributed by atoms with Crippen LogP contribution < -0.4 is 15.4 Å². The summed E-state index contributed by atoms with van der Waals surface area (Å²) in [4.78, 5) is 24.4. The molecule has 2 saturated carbocycles. The van der Waals surface area contributed by atoms with Gasteiger partial charge in [-0.1, -0.05) is 12.1 Å². The molecule has 2 aromatic carbocycles. The summed E-state index contributed by atoms with van der Waals surface area (Å²) in [5.41, 5.74) is 2.97. The predicted molar refractivity (Wildman–Crippen MR) is 141 cm³/mol. The number of nitrogens with one attached hydrogen (secondary N) is 2. The molecule has 2 amide bonds. The molecule has 0 bridgehead atoms. The standard InChI is InChI=1S/C28H32N4O5/c33-28(29-19-3-1-4-19)30-20-9-7-18(8-10-20)26-27(32(34)35)24-12-11-23(37-22-13-15-36-16-14-22)17-25(24)31(26)21-5-2-6-21/h7-12,17,19,21-22H,1-6,13-16H2,(H2,29,30,33). The molecule has 1 aromatic heterocycles. The van der Waals surface area contributed by atoms with E-state index in [0.29, 0.717) is 30.0 Å². The number of rotatable bonds is 7. The molecule has 2 heterocycles. The highest BCUT2D eigenvalue weighted by atomic mass is 16.6. The van der Waals surface area contributed by atoms with E-state index < -0.39 is 0 Å². The van der Waals surface area contributed by atoms with Crippen molar-refractivity contribution in [3.63, 3.8) is 0 Å². The maximum Gasteiger partial charge on any atom is 0.319 e. The largest absolute Gasteiger partial charge is 0.490 e. The Morgan fingerprint density at radius 3 is 2.35 bits per heavy atom. The van der Waals surface area contributed by atoms with Gasteiger partial charge in [0.1, 0.15) is 17.5 Å². The first-order valence-electron chi connectivity index (χ1n) is 13.3. The number of aromatic nitrogens is 1. The normalized spacial score (nSPS) is 18.7. The third kappa shape index (κ3) is 4.75. The Hall–Kier alpha value is -3.59. The van der Waals surface area contributed by atoms with Gasteiger partial charge < -0.3 is 24.7 Å². The summed E-state index contributed by atoms with van der Waals surface area (Å²) >= 11 is 0. The van der Waals surface area contributed by atoms with Gasteiger partial charge in [-0.15, -0.1) is 0 Å². The third-order valence-electron chi connectivity index (χ3n) is 7.90. The van der Waals surface area contributed by atoms with Crippen molar-refractivity contribution in [1.82, 2.24) is 9.88 Å². The van der Waals surface area contributed by atoms with Crippen LogP contribution in [0.1, 0.15) is 57.4 Å². The van der Waals surface area contributed by atoms with Crippen LogP contribution in [-0.2, 0) is 4.74 Å². The summed E-state index contributed by atoms with van der Waals surface area (Å²) < 4.78 is 13.8. The number of amides is 2. The van der Waals surface area contributed by atoms with Gasteiger partial charge in [0.05, 0.1) is 29.0 Å². The van der Waals surface area contributed by atoms with E-state index in [1.54, 1.807) is 0 Å². The lowest BCUT2D eigenvalue weighted by Gasteiger charge is -2.30. The molecule has 3 aliphatic rings. The van der Waals surface area contributed by atoms with Gasteiger partial charge in [-0.05, 0) is 62.8 Å². The second kappa shape index (κ2) is 10.0. The minimum atomic E-state index is -0.274. The number of nitrogens with zero attached hydrogens (tertiary/aromatic N) is 2. The summed E-state index contributed by atoms with van der Waals surface area (Å²) in [7, 11) is 0. The average molecular weight is 505 g/mol. The molecule has 9 nitrogen and oxygen atoms in total. The molecule has 0 unspecified atom stereocenters. The molecular weight excluding hydrogens is 472 g/mol. The Kier molecular flexibility index (Phi) is 6.46. The number of benzene rings is 2. The molecule has 1 saturated heterocycles. The summed E-state index contributed by atoms with van der Waals surface area (Å²) in [5, 5.41) is 18.8. The number of nitro groups is 1. The summed E-state index contributed by atoms with van der Waals surface area (Å²) in [5.74, 6) is 0.732. The molecular formula is C28H32N4O5. The quantitative estimate of drug-likeness (QED) is 0.295.